The van der Waals surface area contributed by atoms with Crippen molar-refractivity contribution in [3.63, 3.8) is 0 Å². The number of hydrogen-bond acceptors (Lipinski definition) is 4. The van der Waals surface area contributed by atoms with Gasteiger partial charge in [-0.2, -0.15) is 0 Å². The highest BCUT2D eigenvalue weighted by Crippen LogP contribution is 2.28. The van der Waals surface area contributed by atoms with E-state index in [1.807, 2.05) is 29.9 Å². The first-order valence-corrected chi connectivity index (χ1v) is 5.39. The molecule has 1 aromatic heterocycles. The molecule has 0 amide bonds. The minimum absolute atomic E-state index is 0.119. The molecule has 2 rings (SSSR count). The summed E-state index contributed by atoms with van der Waals surface area (Å²) in [7, 11) is 1.91. The Balaban J connectivity index is 2.19. The third-order valence-electron chi connectivity index (χ3n) is 2.69. The first-order valence-electron chi connectivity index (χ1n) is 5.39. The van der Waals surface area contributed by atoms with Crippen LogP contribution in [0.15, 0.2) is 36.5 Å². The molecule has 0 aliphatic carbocycles. The number of hydrogen-bond donors (Lipinski definition) is 2. The molecule has 0 saturated carbocycles. The highest BCUT2D eigenvalue weighted by molar-refractivity contribution is 5.63. The van der Waals surface area contributed by atoms with Crippen LogP contribution >= 0.6 is 0 Å². The molecule has 18 heavy (non-hydrogen) atoms. The van der Waals surface area contributed by atoms with Crippen LogP contribution in [-0.2, 0) is 13.6 Å². The van der Waals surface area contributed by atoms with Gasteiger partial charge in [0.1, 0.15) is 11.4 Å². The molecule has 6 heteroatoms. The lowest BCUT2D eigenvalue weighted by atomic mass is 10.2. The fraction of sp³-hybridized carbons (Fsp3) is 0.167. The Morgan fingerprint density at radius 3 is 2.83 bits per heavy atom. The molecule has 2 N–H and O–H groups in total. The second-order valence-electron chi connectivity index (χ2n) is 3.92. The first-order chi connectivity index (χ1) is 8.58. The smallest absolute Gasteiger partial charge is 0.296 e. The molecule has 0 aliphatic rings. The monoisotopic (exact) mass is 247 g/mol. The number of nitrogens with one attached hydrogen (secondary N) is 1. The van der Waals surface area contributed by atoms with E-state index in [1.165, 1.54) is 12.1 Å². The lowest BCUT2D eigenvalue weighted by Crippen LogP contribution is -2.05. The maximum absolute atomic E-state index is 10.9. The second-order valence-corrected chi connectivity index (χ2v) is 3.92. The number of anilines is 1. The second kappa shape index (κ2) is 4.79. The van der Waals surface area contributed by atoms with Gasteiger partial charge in [0.2, 0.25) is 0 Å². The van der Waals surface area contributed by atoms with Gasteiger partial charge >= 0.3 is 0 Å². The van der Waals surface area contributed by atoms with Crippen molar-refractivity contribution in [1.82, 2.24) is 4.57 Å². The molecular formula is C12H13N3O3. The largest absolute Gasteiger partial charge is 0.508 e. The minimum atomic E-state index is -0.521. The average molecular weight is 247 g/mol. The Labute approximate surface area is 104 Å². The van der Waals surface area contributed by atoms with E-state index in [4.69, 9.17) is 0 Å². The van der Waals surface area contributed by atoms with Crippen LogP contribution in [0.5, 0.6) is 5.75 Å². The number of aromatic nitrogens is 1. The van der Waals surface area contributed by atoms with Crippen LogP contribution in [0.4, 0.5) is 11.4 Å². The van der Waals surface area contributed by atoms with Crippen molar-refractivity contribution in [3.05, 3.63) is 52.3 Å². The number of benzene rings is 1. The molecule has 0 atom stereocenters. The summed E-state index contributed by atoms with van der Waals surface area (Å²) in [6.07, 6.45) is 1.91. The van der Waals surface area contributed by atoms with Gasteiger partial charge < -0.3 is 15.0 Å². The van der Waals surface area contributed by atoms with Gasteiger partial charge in [0.15, 0.2) is 0 Å². The number of nitro benzene ring substituents is 1. The van der Waals surface area contributed by atoms with Gasteiger partial charge in [0, 0.05) is 18.9 Å². The van der Waals surface area contributed by atoms with Crippen LogP contribution in [0.25, 0.3) is 0 Å². The molecule has 0 unspecified atom stereocenters. The Bertz CT molecular complexity index is 578. The van der Waals surface area contributed by atoms with Crippen LogP contribution in [0.2, 0.25) is 0 Å². The van der Waals surface area contributed by atoms with Crippen molar-refractivity contribution < 1.29 is 10.0 Å². The number of nitrogens with zero attached hydrogens (tertiary/aromatic N) is 2. The van der Waals surface area contributed by atoms with Gasteiger partial charge in [0.05, 0.1) is 17.5 Å². The molecule has 0 aliphatic heterocycles. The highest BCUT2D eigenvalue weighted by Gasteiger charge is 2.14. The van der Waals surface area contributed by atoms with E-state index in [1.54, 1.807) is 0 Å². The topological polar surface area (TPSA) is 80.3 Å². The molecule has 6 nitrogen and oxygen atoms in total. The van der Waals surface area contributed by atoms with Crippen molar-refractivity contribution >= 4 is 11.4 Å². The SMILES string of the molecule is Cn1cccc1CNc1ccc(O)cc1[N+](=O)[O-]. The molecule has 2 aromatic rings. The average Bonchev–Trinajstić information content (AvgIpc) is 2.73. The molecular weight excluding hydrogens is 234 g/mol. The summed E-state index contributed by atoms with van der Waals surface area (Å²) in [4.78, 5) is 10.3. The molecule has 0 saturated heterocycles. The quantitative estimate of drug-likeness (QED) is 0.493. The van der Waals surface area contributed by atoms with E-state index < -0.39 is 4.92 Å². The summed E-state index contributed by atoms with van der Waals surface area (Å²) in [5.74, 6) is -0.119. The van der Waals surface area contributed by atoms with Gasteiger partial charge in [-0.05, 0) is 24.3 Å². The maximum Gasteiger partial charge on any atom is 0.296 e. The van der Waals surface area contributed by atoms with E-state index in [2.05, 4.69) is 5.32 Å². The normalized spacial score (nSPS) is 10.3. The zero-order valence-corrected chi connectivity index (χ0v) is 9.83. The summed E-state index contributed by atoms with van der Waals surface area (Å²) in [6.45, 7) is 0.481. The van der Waals surface area contributed by atoms with E-state index in [0.29, 0.717) is 12.2 Å². The molecule has 1 heterocycles. The molecule has 0 bridgehead atoms. The third-order valence-corrected chi connectivity index (χ3v) is 2.69. The Morgan fingerprint density at radius 1 is 1.44 bits per heavy atom. The van der Waals surface area contributed by atoms with Crippen molar-refractivity contribution in [2.45, 2.75) is 6.54 Å². The number of aromatic hydroxyl groups is 1. The van der Waals surface area contributed by atoms with E-state index in [-0.39, 0.29) is 11.4 Å². The Morgan fingerprint density at radius 2 is 2.22 bits per heavy atom. The molecule has 1 aromatic carbocycles. The fourth-order valence-electron chi connectivity index (χ4n) is 1.69. The van der Waals surface area contributed by atoms with Gasteiger partial charge in [0.25, 0.3) is 5.69 Å². The van der Waals surface area contributed by atoms with Crippen molar-refractivity contribution in [1.29, 1.82) is 0 Å². The maximum atomic E-state index is 10.9. The number of nitro groups is 1. The van der Waals surface area contributed by atoms with Crippen LogP contribution in [-0.4, -0.2) is 14.6 Å². The zero-order chi connectivity index (χ0) is 13.1. The van der Waals surface area contributed by atoms with E-state index >= 15 is 0 Å². The van der Waals surface area contributed by atoms with Crippen molar-refractivity contribution in [2.24, 2.45) is 7.05 Å². The predicted molar refractivity (Wildman–Crippen MR) is 67.5 cm³/mol. The van der Waals surface area contributed by atoms with Crippen LogP contribution in [0.3, 0.4) is 0 Å². The zero-order valence-electron chi connectivity index (χ0n) is 9.83. The van der Waals surface area contributed by atoms with E-state index in [0.717, 1.165) is 11.8 Å². The Kier molecular flexibility index (Phi) is 3.18. The summed E-state index contributed by atoms with van der Waals surface area (Å²) < 4.78 is 1.93. The van der Waals surface area contributed by atoms with Gasteiger partial charge in [-0.25, -0.2) is 0 Å². The molecule has 0 radical (unpaired) electrons. The number of phenolic OH excluding ortho intramolecular Hbond substituents is 1. The summed E-state index contributed by atoms with van der Waals surface area (Å²) >= 11 is 0. The lowest BCUT2D eigenvalue weighted by Gasteiger charge is -2.08. The van der Waals surface area contributed by atoms with Gasteiger partial charge in [-0.3, -0.25) is 10.1 Å². The third kappa shape index (κ3) is 2.42. The minimum Gasteiger partial charge on any atom is -0.508 e. The number of rotatable bonds is 4. The summed E-state index contributed by atoms with van der Waals surface area (Å²) in [6, 6.07) is 7.88. The predicted octanol–water partition coefficient (Wildman–Crippen LogP) is 2.25. The summed E-state index contributed by atoms with van der Waals surface area (Å²) in [5, 5.41) is 23.1. The standard InChI is InChI=1S/C12H13N3O3/c1-14-6-2-3-9(14)8-13-11-5-4-10(16)7-12(11)15(17)18/h2-7,13,16H,8H2,1H3. The number of phenols is 1. The lowest BCUT2D eigenvalue weighted by molar-refractivity contribution is -0.384. The van der Waals surface area contributed by atoms with Crippen LogP contribution < -0.4 is 5.32 Å². The van der Waals surface area contributed by atoms with E-state index in [9.17, 15) is 15.2 Å². The molecule has 0 spiro atoms. The highest BCUT2D eigenvalue weighted by atomic mass is 16.6. The van der Waals surface area contributed by atoms with Gasteiger partial charge in [-0.15, -0.1) is 0 Å². The van der Waals surface area contributed by atoms with Crippen molar-refractivity contribution in [3.8, 4) is 5.75 Å². The molecule has 94 valence electrons. The molecule has 0 fully saturated rings. The van der Waals surface area contributed by atoms with Crippen LogP contribution in [0.1, 0.15) is 5.69 Å². The Hall–Kier alpha value is -2.50. The van der Waals surface area contributed by atoms with Crippen molar-refractivity contribution in [2.75, 3.05) is 5.32 Å². The van der Waals surface area contributed by atoms with Gasteiger partial charge in [-0.1, -0.05) is 0 Å². The fourth-order valence-corrected chi connectivity index (χ4v) is 1.69. The first kappa shape index (κ1) is 12.0. The summed E-state index contributed by atoms with van der Waals surface area (Å²) in [5.41, 5.74) is 1.26. The van der Waals surface area contributed by atoms with Crippen LogP contribution in [0, 0.1) is 10.1 Å². The number of aryl methyl sites for hydroxylation is 1.